The van der Waals surface area contributed by atoms with Gasteiger partial charge in [-0.05, 0) is 103 Å². The number of phenolic OH excluding ortho intramolecular Hbond substituents is 2. The number of nitrogens with two attached hydrogens (primary N) is 2. The minimum atomic E-state index is -4.71. The molecule has 97 heavy (non-hydrogen) atoms. The predicted octanol–water partition coefficient (Wildman–Crippen LogP) is 15.9. The number of ether oxygens (including phenoxy) is 2. The molecule has 3 aromatic heterocycles. The lowest BCUT2D eigenvalue weighted by atomic mass is 10.2. The van der Waals surface area contributed by atoms with Crippen LogP contribution in [0.2, 0.25) is 15.1 Å². The van der Waals surface area contributed by atoms with E-state index in [0.29, 0.717) is 46.8 Å². The Kier molecular flexibility index (Phi) is 29.5. The number of hydrogen-bond donors (Lipinski definition) is 8. The SMILES string of the molecule is CCC(=O)c1cc(Cl)ccn1.CNC(=O)c1cc(Oc2ccc(N)c(F)c2)ccn1.CNC(=O)c1cc(Oc2ccc(NC(=O)Nc3ccc(Cl)c(C(F)(F)F)c3)c(F)c2)ccn1.Nc1ccc(O)cc1F.O=C=Nc1ccc(Cl)c(C(F)(F)F)c1.O=[N+]([O-])c1ccc(O)cc1F. The summed E-state index contributed by atoms with van der Waals surface area (Å²) in [7, 11) is 2.95. The Bertz CT molecular complexity index is 4330. The van der Waals surface area contributed by atoms with Gasteiger partial charge in [0.2, 0.25) is 11.9 Å². The highest BCUT2D eigenvalue weighted by Crippen LogP contribution is 2.38. The minimum Gasteiger partial charge on any atom is -0.508 e. The van der Waals surface area contributed by atoms with Crippen molar-refractivity contribution in [3.8, 4) is 34.5 Å². The molecule has 0 aliphatic carbocycles. The summed E-state index contributed by atoms with van der Waals surface area (Å²) in [5.74, 6) is -3.24. The van der Waals surface area contributed by atoms with Crippen LogP contribution >= 0.6 is 34.8 Å². The summed E-state index contributed by atoms with van der Waals surface area (Å²) in [6.45, 7) is 1.80. The number of benzene rings is 6. The van der Waals surface area contributed by atoms with Gasteiger partial charge in [-0.3, -0.25) is 39.4 Å². The van der Waals surface area contributed by atoms with E-state index in [1.54, 1.807) is 31.2 Å². The van der Waals surface area contributed by atoms with Crippen molar-refractivity contribution in [1.29, 1.82) is 0 Å². The molecule has 0 unspecified atom stereocenters. The van der Waals surface area contributed by atoms with Gasteiger partial charge in [0.05, 0.1) is 48.8 Å². The molecule has 9 rings (SSSR count). The number of nitrogen functional groups attached to an aromatic ring is 2. The summed E-state index contributed by atoms with van der Waals surface area (Å²) in [5.41, 5.74) is 8.00. The van der Waals surface area contributed by atoms with Gasteiger partial charge in [0.25, 0.3) is 11.8 Å². The zero-order valence-electron chi connectivity index (χ0n) is 49.7. The van der Waals surface area contributed by atoms with Crippen LogP contribution in [-0.4, -0.2) is 73.9 Å². The molecule has 9 aromatic rings. The molecule has 0 aliphatic rings. The van der Waals surface area contributed by atoms with E-state index in [-0.39, 0.29) is 74.5 Å². The molecule has 0 saturated heterocycles. The predicted molar refractivity (Wildman–Crippen MR) is 337 cm³/mol. The maximum absolute atomic E-state index is 14.4. The highest BCUT2D eigenvalue weighted by molar-refractivity contribution is 6.32. The Morgan fingerprint density at radius 3 is 1.51 bits per heavy atom. The monoisotopic (exact) mass is 1420 g/mol. The average Bonchev–Trinajstić information content (AvgIpc) is 0.876. The number of Topliss-reactive ketones (excluding diaryl/α,β-unsaturated/α-hetero) is 1. The van der Waals surface area contributed by atoms with E-state index in [0.717, 1.165) is 42.5 Å². The van der Waals surface area contributed by atoms with Gasteiger partial charge < -0.3 is 52.4 Å². The van der Waals surface area contributed by atoms with Gasteiger partial charge in [-0.1, -0.05) is 41.7 Å². The number of hydrogen-bond acceptors (Lipinski definition) is 17. The fraction of sp³-hybridized carbons (Fsp3) is 0.0968. The standard InChI is InChI=1S/C21H15ClF4N4O3.C13H12FN3O2.C8H3ClF3NO.C8H8ClNO.C6H4FNO3.C6H6FNO/c1-27-19(31)18-10-13(6-7-28-18)33-12-3-5-17(16(23)9-12)30-20(32)29-11-2-4-15(22)14(8-11)21(24,25)26;1-16-13(18)12-7-9(4-5-17-12)19-8-2-3-11(15)10(14)6-8;9-7-2-1-5(13-4-14)3-6(7)8(10,11)12;1-2-8(11)7-5-6(9)3-4-10-7;7-5-3-4(9)1-2-6(5)8(10)11;7-5-3-4(9)1-2-6(5)8/h2-10H,1H3,(H,27,31)(H2,29,30,32);2-7H,15H2,1H3,(H,16,18);1-3H;3-5H,2H2,1H3;1-3,9H;1-3,9H,8H2. The van der Waals surface area contributed by atoms with Crippen molar-refractivity contribution in [2.75, 3.05) is 36.2 Å². The second-order valence-electron chi connectivity index (χ2n) is 18.3. The van der Waals surface area contributed by atoms with Crippen LogP contribution in [0.5, 0.6) is 34.5 Å². The molecule has 0 bridgehead atoms. The van der Waals surface area contributed by atoms with E-state index >= 15 is 0 Å². The van der Waals surface area contributed by atoms with Crippen LogP contribution < -0.4 is 42.2 Å². The number of ketones is 1. The first-order valence-electron chi connectivity index (χ1n) is 26.6. The summed E-state index contributed by atoms with van der Waals surface area (Å²) < 4.78 is 139. The number of carbonyl (C=O) groups is 4. The molecule has 0 atom stereocenters. The lowest BCUT2D eigenvalue weighted by Gasteiger charge is -2.13. The van der Waals surface area contributed by atoms with Crippen molar-refractivity contribution in [3.63, 3.8) is 0 Å². The Morgan fingerprint density at radius 1 is 0.577 bits per heavy atom. The molecule has 0 radical (unpaired) electrons. The van der Waals surface area contributed by atoms with E-state index in [2.05, 4.69) is 41.2 Å². The molecule has 0 spiro atoms. The number of phenols is 2. The molecule has 0 saturated carbocycles. The molecule has 3 heterocycles. The number of alkyl halides is 6. The number of anilines is 4. The number of isocyanates is 1. The van der Waals surface area contributed by atoms with Crippen molar-refractivity contribution in [2.45, 2.75) is 25.7 Å². The van der Waals surface area contributed by atoms with E-state index in [1.165, 1.54) is 99.4 Å². The molecule has 0 fully saturated rings. The summed E-state index contributed by atoms with van der Waals surface area (Å²) in [5, 5.41) is 36.2. The lowest BCUT2D eigenvalue weighted by Crippen LogP contribution is -2.20. The maximum atomic E-state index is 14.4. The number of amides is 4. The summed E-state index contributed by atoms with van der Waals surface area (Å²) in [4.78, 5) is 79.9. The number of nitrogens with zero attached hydrogens (tertiary/aromatic N) is 5. The van der Waals surface area contributed by atoms with E-state index < -0.39 is 79.3 Å². The largest absolute Gasteiger partial charge is 0.508 e. The molecule has 0 aliphatic heterocycles. The highest BCUT2D eigenvalue weighted by atomic mass is 35.5. The number of carbonyl (C=O) groups excluding carboxylic acids is 5. The normalized spacial score (nSPS) is 10.3. The van der Waals surface area contributed by atoms with Crippen LogP contribution in [-0.2, 0) is 17.1 Å². The van der Waals surface area contributed by atoms with Gasteiger partial charge in [0, 0.05) is 92.3 Å². The summed E-state index contributed by atoms with van der Waals surface area (Å²) in [6, 6.07) is 27.8. The maximum Gasteiger partial charge on any atom is 0.417 e. The van der Waals surface area contributed by atoms with E-state index in [1.807, 2.05) is 0 Å². The van der Waals surface area contributed by atoms with Crippen molar-refractivity contribution in [2.24, 2.45) is 4.99 Å². The van der Waals surface area contributed by atoms with E-state index in [9.17, 15) is 78.0 Å². The van der Waals surface area contributed by atoms with Crippen LogP contribution in [0.25, 0.3) is 0 Å². The average molecular weight is 1420 g/mol. The van der Waals surface area contributed by atoms with Crippen molar-refractivity contribution >= 4 is 98.6 Å². The Morgan fingerprint density at radius 2 is 1.04 bits per heavy atom. The molecule has 508 valence electrons. The number of rotatable bonds is 12. The first-order chi connectivity index (χ1) is 45.6. The number of nitro groups is 1. The fourth-order valence-corrected chi connectivity index (χ4v) is 7.42. The smallest absolute Gasteiger partial charge is 0.417 e. The molecular weight excluding hydrogens is 1370 g/mol. The van der Waals surface area contributed by atoms with Crippen LogP contribution in [0.1, 0.15) is 55.9 Å². The molecule has 4 amide bonds. The van der Waals surface area contributed by atoms with Gasteiger partial charge >= 0.3 is 24.1 Å². The van der Waals surface area contributed by atoms with Gasteiger partial charge in [0.1, 0.15) is 69.0 Å². The number of halogens is 13. The number of pyridine rings is 3. The zero-order valence-corrected chi connectivity index (χ0v) is 51.9. The second-order valence-corrected chi connectivity index (χ2v) is 19.6. The highest BCUT2D eigenvalue weighted by Gasteiger charge is 2.34. The quantitative estimate of drug-likeness (QED) is 0.00823. The number of nitrogens with one attached hydrogen (secondary N) is 4. The third-order valence-corrected chi connectivity index (χ3v) is 12.3. The van der Waals surface area contributed by atoms with Gasteiger partial charge in [-0.25, -0.2) is 22.8 Å². The first kappa shape index (κ1) is 77.8. The van der Waals surface area contributed by atoms with Crippen molar-refractivity contribution in [1.82, 2.24) is 25.6 Å². The minimum absolute atomic E-state index is 0.0208. The number of nitro benzene ring substituents is 1. The summed E-state index contributed by atoms with van der Waals surface area (Å²) in [6.07, 6.45) is -3.33. The number of urea groups is 1. The van der Waals surface area contributed by atoms with Crippen LogP contribution in [0.3, 0.4) is 0 Å². The lowest BCUT2D eigenvalue weighted by molar-refractivity contribution is -0.387. The third-order valence-electron chi connectivity index (χ3n) is 11.4. The Hall–Kier alpha value is -11.6. The van der Waals surface area contributed by atoms with Crippen LogP contribution in [0.4, 0.5) is 82.8 Å². The number of aliphatic imine (C=N–C) groups is 1. The van der Waals surface area contributed by atoms with Crippen molar-refractivity contribution in [3.05, 3.63) is 241 Å². The van der Waals surface area contributed by atoms with Gasteiger partial charge in [0.15, 0.2) is 5.78 Å². The van der Waals surface area contributed by atoms with Gasteiger partial charge in [-0.2, -0.15) is 35.7 Å². The number of aromatic nitrogens is 3. The Balaban J connectivity index is 0.000000266. The molecular formula is C62H48Cl3F10N11O11. The van der Waals surface area contributed by atoms with Crippen molar-refractivity contribution < 1.29 is 92.5 Å². The van der Waals surface area contributed by atoms with E-state index in [4.69, 9.17) is 66.0 Å². The van der Waals surface area contributed by atoms with Crippen LogP contribution in [0, 0.1) is 33.4 Å². The molecule has 35 heteroatoms. The third kappa shape index (κ3) is 25.7. The topological polar surface area (TPSA) is 339 Å². The second kappa shape index (κ2) is 36.7. The van der Waals surface area contributed by atoms with Gasteiger partial charge in [-0.15, -0.1) is 0 Å². The summed E-state index contributed by atoms with van der Waals surface area (Å²) >= 11 is 16.5. The number of aromatic hydroxyl groups is 2. The Labute approximate surface area is 556 Å². The first-order valence-corrected chi connectivity index (χ1v) is 27.8. The molecule has 22 nitrogen and oxygen atoms in total. The fourth-order valence-electron chi connectivity index (χ4n) is 6.81. The zero-order chi connectivity index (χ0) is 72.3. The van der Waals surface area contributed by atoms with Crippen LogP contribution in [0.15, 0.2) is 169 Å². The molecule has 10 N–H and O–H groups in total. The molecule has 6 aromatic carbocycles.